The van der Waals surface area contributed by atoms with Crippen LogP contribution in [0.2, 0.25) is 0 Å². The molecule has 3 atom stereocenters. The molecule has 142 valence electrons. The van der Waals surface area contributed by atoms with E-state index in [2.05, 4.69) is 23.7 Å². The Kier molecular flexibility index (Phi) is 7.63. The van der Waals surface area contributed by atoms with Gasteiger partial charge in [-0.25, -0.2) is 0 Å². The predicted molar refractivity (Wildman–Crippen MR) is 110 cm³/mol. The fraction of sp³-hybridized carbons (Fsp3) is 0.500. The summed E-state index contributed by atoms with van der Waals surface area (Å²) < 4.78 is 0. The summed E-state index contributed by atoms with van der Waals surface area (Å²) in [5.74, 6) is 0. The third-order valence-electron chi connectivity index (χ3n) is 5.67. The van der Waals surface area contributed by atoms with E-state index in [0.29, 0.717) is 18.5 Å². The van der Waals surface area contributed by atoms with Crippen LogP contribution in [0.4, 0.5) is 0 Å². The fourth-order valence-corrected chi connectivity index (χ4v) is 4.17. The van der Waals surface area contributed by atoms with Crippen LogP contribution in [0.3, 0.4) is 0 Å². The molecule has 0 radical (unpaired) electrons. The van der Waals surface area contributed by atoms with E-state index in [-0.39, 0.29) is 12.4 Å². The second-order valence-corrected chi connectivity index (χ2v) is 7.41. The molecule has 26 heavy (non-hydrogen) atoms. The molecule has 3 nitrogen and oxygen atoms in total. The van der Waals surface area contributed by atoms with Crippen LogP contribution >= 0.6 is 12.4 Å². The average Bonchev–Trinajstić information content (AvgIpc) is 2.65. The molecule has 0 amide bonds. The lowest BCUT2D eigenvalue weighted by atomic mass is 9.85. The van der Waals surface area contributed by atoms with E-state index in [9.17, 15) is 5.11 Å². The van der Waals surface area contributed by atoms with E-state index in [0.717, 1.165) is 24.2 Å². The highest BCUT2D eigenvalue weighted by Crippen LogP contribution is 2.33. The minimum absolute atomic E-state index is 0. The average molecular weight is 375 g/mol. The first-order chi connectivity index (χ1) is 12.1. The molecule has 1 aromatic carbocycles. The molecule has 1 aliphatic rings. The lowest BCUT2D eigenvalue weighted by molar-refractivity contribution is 0.0489. The molecule has 1 aliphatic heterocycles. The molecule has 0 aliphatic carbocycles. The molecule has 3 rings (SSSR count). The van der Waals surface area contributed by atoms with Crippen molar-refractivity contribution >= 4 is 12.4 Å². The van der Waals surface area contributed by atoms with Gasteiger partial charge < -0.3 is 5.11 Å². The molecule has 2 aromatic rings. The first-order valence-corrected chi connectivity index (χ1v) is 9.56. The predicted octanol–water partition coefficient (Wildman–Crippen LogP) is 4.78. The van der Waals surface area contributed by atoms with Crippen LogP contribution in [-0.2, 0) is 5.60 Å². The molecular weight excluding hydrogens is 344 g/mol. The third-order valence-corrected chi connectivity index (χ3v) is 5.67. The van der Waals surface area contributed by atoms with Crippen molar-refractivity contribution in [3.05, 3.63) is 66.0 Å². The van der Waals surface area contributed by atoms with Crippen molar-refractivity contribution in [2.75, 3.05) is 6.54 Å². The van der Waals surface area contributed by atoms with E-state index < -0.39 is 5.60 Å². The van der Waals surface area contributed by atoms with Crippen LogP contribution in [0.1, 0.15) is 57.2 Å². The number of piperidine rings is 1. The Morgan fingerprint density at radius 2 is 1.69 bits per heavy atom. The normalized spacial score (nSPS) is 23.0. The van der Waals surface area contributed by atoms with Gasteiger partial charge >= 0.3 is 0 Å². The molecule has 1 fully saturated rings. The van der Waals surface area contributed by atoms with Crippen molar-refractivity contribution in [2.45, 2.75) is 63.6 Å². The van der Waals surface area contributed by atoms with Crippen molar-refractivity contribution in [1.29, 1.82) is 0 Å². The molecular formula is C22H31ClN2O. The molecule has 4 heteroatoms. The highest BCUT2D eigenvalue weighted by molar-refractivity contribution is 5.85. The Balaban J connectivity index is 0.00000243. The summed E-state index contributed by atoms with van der Waals surface area (Å²) >= 11 is 0. The monoisotopic (exact) mass is 374 g/mol. The van der Waals surface area contributed by atoms with Gasteiger partial charge in [0.1, 0.15) is 5.60 Å². The minimum atomic E-state index is -1.02. The Morgan fingerprint density at radius 3 is 2.31 bits per heavy atom. The van der Waals surface area contributed by atoms with Gasteiger partial charge in [-0.05, 0) is 63.8 Å². The molecule has 0 spiro atoms. The van der Waals surface area contributed by atoms with Gasteiger partial charge in [-0.3, -0.25) is 9.88 Å². The molecule has 1 saturated heterocycles. The third kappa shape index (κ3) is 4.64. The maximum Gasteiger partial charge on any atom is 0.131 e. The quantitative estimate of drug-likeness (QED) is 0.790. The van der Waals surface area contributed by atoms with Crippen LogP contribution in [0, 0.1) is 0 Å². The SMILES string of the molecule is C[C@@H]1CCC[C@H](C)N1CCCC(O)(c1ccccc1)c1ccccn1.Cl. The summed E-state index contributed by atoms with van der Waals surface area (Å²) in [6.07, 6.45) is 7.31. The number of likely N-dealkylation sites (tertiary alicyclic amines) is 1. The molecule has 0 saturated carbocycles. The number of aromatic nitrogens is 1. The zero-order valence-corrected chi connectivity index (χ0v) is 16.7. The van der Waals surface area contributed by atoms with E-state index in [1.165, 1.54) is 19.3 Å². The van der Waals surface area contributed by atoms with Gasteiger partial charge in [-0.2, -0.15) is 0 Å². The number of benzene rings is 1. The van der Waals surface area contributed by atoms with E-state index in [1.807, 2.05) is 48.5 Å². The number of hydrogen-bond acceptors (Lipinski definition) is 3. The molecule has 1 unspecified atom stereocenters. The highest BCUT2D eigenvalue weighted by atomic mass is 35.5. The smallest absolute Gasteiger partial charge is 0.131 e. The Hall–Kier alpha value is -1.42. The van der Waals surface area contributed by atoms with E-state index >= 15 is 0 Å². The number of halogens is 1. The Labute approximate surface area is 163 Å². The summed E-state index contributed by atoms with van der Waals surface area (Å²) in [5, 5.41) is 11.5. The van der Waals surface area contributed by atoms with Gasteiger partial charge in [0.05, 0.1) is 5.69 Å². The zero-order chi connectivity index (χ0) is 17.7. The summed E-state index contributed by atoms with van der Waals surface area (Å²) in [7, 11) is 0. The molecule has 1 aromatic heterocycles. The minimum Gasteiger partial charge on any atom is -0.379 e. The zero-order valence-electron chi connectivity index (χ0n) is 15.8. The molecule has 2 heterocycles. The number of aliphatic hydroxyl groups is 1. The second-order valence-electron chi connectivity index (χ2n) is 7.41. The first kappa shape index (κ1) is 20.9. The summed E-state index contributed by atoms with van der Waals surface area (Å²) in [5.41, 5.74) is 0.638. The lowest BCUT2D eigenvalue weighted by Crippen LogP contribution is -2.44. The maximum absolute atomic E-state index is 11.5. The second kappa shape index (κ2) is 9.50. The van der Waals surface area contributed by atoms with Gasteiger partial charge in [0.2, 0.25) is 0 Å². The largest absolute Gasteiger partial charge is 0.379 e. The number of rotatable bonds is 6. The standard InChI is InChI=1S/C22H30N2O.ClH/c1-18-10-8-11-19(2)24(18)17-9-15-22(25,20-12-4-3-5-13-20)21-14-6-7-16-23-21;/h3-7,12-14,16,18-19,25H,8-11,15,17H2,1-2H3;1H/t18-,19+,22?;. The molecule has 1 N–H and O–H groups in total. The maximum atomic E-state index is 11.5. The van der Waals surface area contributed by atoms with Gasteiger partial charge in [-0.15, -0.1) is 12.4 Å². The van der Waals surface area contributed by atoms with Gasteiger partial charge in [0.25, 0.3) is 0 Å². The summed E-state index contributed by atoms with van der Waals surface area (Å²) in [6.45, 7) is 5.69. The first-order valence-electron chi connectivity index (χ1n) is 9.56. The van der Waals surface area contributed by atoms with Gasteiger partial charge in [0, 0.05) is 18.3 Å². The number of nitrogens with zero attached hydrogens (tertiary/aromatic N) is 2. The summed E-state index contributed by atoms with van der Waals surface area (Å²) in [4.78, 5) is 7.06. The highest BCUT2D eigenvalue weighted by Gasteiger charge is 2.33. The van der Waals surface area contributed by atoms with Crippen LogP contribution in [0.5, 0.6) is 0 Å². The summed E-state index contributed by atoms with van der Waals surface area (Å²) in [6, 6.07) is 17.0. The number of hydrogen-bond donors (Lipinski definition) is 1. The van der Waals surface area contributed by atoms with Crippen molar-refractivity contribution in [2.24, 2.45) is 0 Å². The Bertz CT molecular complexity index is 600. The fourth-order valence-electron chi connectivity index (χ4n) is 4.17. The number of pyridine rings is 1. The van der Waals surface area contributed by atoms with Crippen molar-refractivity contribution in [3.8, 4) is 0 Å². The van der Waals surface area contributed by atoms with Gasteiger partial charge in [0.15, 0.2) is 0 Å². The van der Waals surface area contributed by atoms with Crippen LogP contribution < -0.4 is 0 Å². The van der Waals surface area contributed by atoms with E-state index in [4.69, 9.17) is 0 Å². The van der Waals surface area contributed by atoms with Crippen LogP contribution in [0.25, 0.3) is 0 Å². The van der Waals surface area contributed by atoms with Crippen LogP contribution in [0.15, 0.2) is 54.7 Å². The lowest BCUT2D eigenvalue weighted by Gasteiger charge is -2.39. The van der Waals surface area contributed by atoms with Crippen molar-refractivity contribution in [3.63, 3.8) is 0 Å². The van der Waals surface area contributed by atoms with Crippen molar-refractivity contribution < 1.29 is 5.11 Å². The molecule has 0 bridgehead atoms. The van der Waals surface area contributed by atoms with Crippen molar-refractivity contribution in [1.82, 2.24) is 9.88 Å². The van der Waals surface area contributed by atoms with Crippen LogP contribution in [-0.4, -0.2) is 33.6 Å². The van der Waals surface area contributed by atoms with Gasteiger partial charge in [-0.1, -0.05) is 42.8 Å². The Morgan fingerprint density at radius 1 is 1.04 bits per heavy atom. The van der Waals surface area contributed by atoms with E-state index in [1.54, 1.807) is 6.20 Å². The topological polar surface area (TPSA) is 36.4 Å².